The lowest BCUT2D eigenvalue weighted by Crippen LogP contribution is -2.44. The largest absolute Gasteiger partial charge is 0.344 e. The summed E-state index contributed by atoms with van der Waals surface area (Å²) in [5, 5.41) is 5.49. The monoisotopic (exact) mass is 252 g/mol. The third kappa shape index (κ3) is 3.82. The summed E-state index contributed by atoms with van der Waals surface area (Å²) in [6, 6.07) is 4.51. The molecule has 1 saturated heterocycles. The van der Waals surface area contributed by atoms with Crippen molar-refractivity contribution in [1.29, 1.82) is 0 Å². The summed E-state index contributed by atoms with van der Waals surface area (Å²) >= 11 is 1.65. The number of rotatable bonds is 4. The van der Waals surface area contributed by atoms with Crippen molar-refractivity contribution in [3.63, 3.8) is 0 Å². The van der Waals surface area contributed by atoms with Gasteiger partial charge in [-0.1, -0.05) is 12.5 Å². The van der Waals surface area contributed by atoms with Gasteiger partial charge in [0, 0.05) is 24.5 Å². The maximum absolute atomic E-state index is 12.0. The summed E-state index contributed by atoms with van der Waals surface area (Å²) in [7, 11) is 1.91. The maximum Gasteiger partial charge on any atom is 0.227 e. The van der Waals surface area contributed by atoms with Crippen LogP contribution in [0, 0.1) is 0 Å². The highest BCUT2D eigenvalue weighted by atomic mass is 32.1. The molecule has 0 aromatic carbocycles. The van der Waals surface area contributed by atoms with Gasteiger partial charge in [-0.15, -0.1) is 11.3 Å². The maximum atomic E-state index is 12.0. The Bertz CT molecular complexity index is 344. The van der Waals surface area contributed by atoms with Crippen LogP contribution >= 0.6 is 11.3 Å². The number of amides is 1. The third-order valence-electron chi connectivity index (χ3n) is 3.24. The normalized spacial score (nSPS) is 20.2. The Hall–Kier alpha value is -0.870. The SMILES string of the molecule is CN(CC1CCCCN1)C(=O)Cc1cccs1. The molecular formula is C13H20N2OS. The van der Waals surface area contributed by atoms with Crippen LogP contribution in [0.2, 0.25) is 0 Å². The van der Waals surface area contributed by atoms with Gasteiger partial charge >= 0.3 is 0 Å². The molecule has 0 bridgehead atoms. The molecule has 1 N–H and O–H groups in total. The lowest BCUT2D eigenvalue weighted by atomic mass is 10.0. The molecular weight excluding hydrogens is 232 g/mol. The van der Waals surface area contributed by atoms with Crippen molar-refractivity contribution in [2.24, 2.45) is 0 Å². The van der Waals surface area contributed by atoms with Gasteiger partial charge in [0.15, 0.2) is 0 Å². The van der Waals surface area contributed by atoms with Crippen LogP contribution in [0.5, 0.6) is 0 Å². The summed E-state index contributed by atoms with van der Waals surface area (Å²) in [4.78, 5) is 15.0. The van der Waals surface area contributed by atoms with Gasteiger partial charge in [0.25, 0.3) is 0 Å². The zero-order valence-electron chi connectivity index (χ0n) is 10.3. The van der Waals surface area contributed by atoms with Crippen molar-refractivity contribution in [3.05, 3.63) is 22.4 Å². The Balaban J connectivity index is 1.78. The number of carbonyl (C=O) groups is 1. The smallest absolute Gasteiger partial charge is 0.227 e. The number of piperidine rings is 1. The second-order valence-corrected chi connectivity index (χ2v) is 5.71. The first-order chi connectivity index (χ1) is 8.25. The average Bonchev–Trinajstić information content (AvgIpc) is 2.83. The number of hydrogen-bond acceptors (Lipinski definition) is 3. The molecule has 1 fully saturated rings. The predicted octanol–water partition coefficient (Wildman–Crippen LogP) is 1.89. The summed E-state index contributed by atoms with van der Waals surface area (Å²) in [5.41, 5.74) is 0. The molecule has 0 radical (unpaired) electrons. The first-order valence-corrected chi connectivity index (χ1v) is 7.13. The van der Waals surface area contributed by atoms with Crippen molar-refractivity contribution < 1.29 is 4.79 Å². The van der Waals surface area contributed by atoms with Gasteiger partial charge in [0.1, 0.15) is 0 Å². The molecule has 17 heavy (non-hydrogen) atoms. The van der Waals surface area contributed by atoms with Crippen molar-refractivity contribution in [1.82, 2.24) is 10.2 Å². The van der Waals surface area contributed by atoms with Crippen LogP contribution in [0.1, 0.15) is 24.1 Å². The minimum absolute atomic E-state index is 0.222. The molecule has 1 aliphatic rings. The fourth-order valence-electron chi connectivity index (χ4n) is 2.21. The molecule has 0 spiro atoms. The Labute approximate surface area is 107 Å². The standard InChI is InChI=1S/C13H20N2OS/c1-15(10-11-5-2-3-7-14-11)13(16)9-12-6-4-8-17-12/h4,6,8,11,14H,2-3,5,7,9-10H2,1H3. The van der Waals surface area contributed by atoms with Crippen LogP contribution in [-0.2, 0) is 11.2 Å². The van der Waals surface area contributed by atoms with Crippen molar-refractivity contribution >= 4 is 17.2 Å². The summed E-state index contributed by atoms with van der Waals surface area (Å²) in [5.74, 6) is 0.222. The summed E-state index contributed by atoms with van der Waals surface area (Å²) in [6.45, 7) is 1.93. The van der Waals surface area contributed by atoms with Crippen LogP contribution in [0.3, 0.4) is 0 Å². The Morgan fingerprint density at radius 1 is 1.59 bits per heavy atom. The molecule has 1 unspecified atom stereocenters. The van der Waals surface area contributed by atoms with Gasteiger partial charge in [0.2, 0.25) is 5.91 Å². The quantitative estimate of drug-likeness (QED) is 0.887. The predicted molar refractivity (Wildman–Crippen MR) is 71.3 cm³/mol. The van der Waals surface area contributed by atoms with Crippen LogP contribution in [-0.4, -0.2) is 37.0 Å². The molecule has 1 amide bonds. The Kier molecular flexibility index (Phi) is 4.57. The number of nitrogens with one attached hydrogen (secondary N) is 1. The number of likely N-dealkylation sites (N-methyl/N-ethyl adjacent to an activating group) is 1. The zero-order chi connectivity index (χ0) is 12.1. The van der Waals surface area contributed by atoms with Gasteiger partial charge in [-0.2, -0.15) is 0 Å². The third-order valence-corrected chi connectivity index (χ3v) is 4.11. The fraction of sp³-hybridized carbons (Fsp3) is 0.615. The Morgan fingerprint density at radius 3 is 3.12 bits per heavy atom. The number of thiophene rings is 1. The van der Waals surface area contributed by atoms with E-state index in [1.807, 2.05) is 29.5 Å². The van der Waals surface area contributed by atoms with E-state index in [0.717, 1.165) is 18.0 Å². The first-order valence-electron chi connectivity index (χ1n) is 6.25. The molecule has 1 aromatic heterocycles. The van der Waals surface area contributed by atoms with E-state index in [9.17, 15) is 4.79 Å². The second-order valence-electron chi connectivity index (χ2n) is 4.68. The van der Waals surface area contributed by atoms with E-state index in [-0.39, 0.29) is 5.91 Å². The molecule has 1 atom stereocenters. The lowest BCUT2D eigenvalue weighted by Gasteiger charge is -2.28. The molecule has 2 rings (SSSR count). The van der Waals surface area contributed by atoms with Crippen LogP contribution in [0.25, 0.3) is 0 Å². The number of hydrogen-bond donors (Lipinski definition) is 1. The fourth-order valence-corrected chi connectivity index (χ4v) is 2.91. The summed E-state index contributed by atoms with van der Waals surface area (Å²) in [6.07, 6.45) is 4.28. The van der Waals surface area contributed by atoms with E-state index in [4.69, 9.17) is 0 Å². The van der Waals surface area contributed by atoms with Crippen LogP contribution < -0.4 is 5.32 Å². The minimum atomic E-state index is 0.222. The molecule has 3 nitrogen and oxygen atoms in total. The molecule has 1 aromatic rings. The van der Waals surface area contributed by atoms with E-state index < -0.39 is 0 Å². The van der Waals surface area contributed by atoms with Crippen molar-refractivity contribution in [3.8, 4) is 0 Å². The second kappa shape index (κ2) is 6.17. The first kappa shape index (κ1) is 12.6. The molecule has 0 saturated carbocycles. The van der Waals surface area contributed by atoms with Crippen LogP contribution in [0.4, 0.5) is 0 Å². The summed E-state index contributed by atoms with van der Waals surface area (Å²) < 4.78 is 0. The van der Waals surface area contributed by atoms with E-state index in [0.29, 0.717) is 12.5 Å². The average molecular weight is 252 g/mol. The van der Waals surface area contributed by atoms with E-state index in [2.05, 4.69) is 5.32 Å². The highest BCUT2D eigenvalue weighted by Crippen LogP contribution is 2.12. The molecule has 4 heteroatoms. The van der Waals surface area contributed by atoms with Crippen LogP contribution in [0.15, 0.2) is 17.5 Å². The molecule has 2 heterocycles. The number of nitrogens with zero attached hydrogens (tertiary/aromatic N) is 1. The Morgan fingerprint density at radius 2 is 2.47 bits per heavy atom. The number of carbonyl (C=O) groups excluding carboxylic acids is 1. The van der Waals surface area contributed by atoms with Gasteiger partial charge < -0.3 is 10.2 Å². The molecule has 1 aliphatic heterocycles. The topological polar surface area (TPSA) is 32.3 Å². The van der Waals surface area contributed by atoms with Gasteiger partial charge in [-0.3, -0.25) is 4.79 Å². The molecule has 94 valence electrons. The van der Waals surface area contributed by atoms with Gasteiger partial charge in [0.05, 0.1) is 6.42 Å². The highest BCUT2D eigenvalue weighted by Gasteiger charge is 2.17. The van der Waals surface area contributed by atoms with Crippen molar-refractivity contribution in [2.45, 2.75) is 31.7 Å². The minimum Gasteiger partial charge on any atom is -0.344 e. The van der Waals surface area contributed by atoms with Gasteiger partial charge in [-0.25, -0.2) is 0 Å². The highest BCUT2D eigenvalue weighted by molar-refractivity contribution is 7.10. The van der Waals surface area contributed by atoms with E-state index in [1.54, 1.807) is 11.3 Å². The van der Waals surface area contributed by atoms with Gasteiger partial charge in [-0.05, 0) is 30.8 Å². The van der Waals surface area contributed by atoms with E-state index >= 15 is 0 Å². The lowest BCUT2D eigenvalue weighted by molar-refractivity contribution is -0.129. The zero-order valence-corrected chi connectivity index (χ0v) is 11.1. The van der Waals surface area contributed by atoms with Crippen molar-refractivity contribution in [2.75, 3.05) is 20.1 Å². The molecule has 0 aliphatic carbocycles. The van der Waals surface area contributed by atoms with E-state index in [1.165, 1.54) is 19.3 Å².